The van der Waals surface area contributed by atoms with Crippen molar-refractivity contribution in [3.05, 3.63) is 17.5 Å². The Balaban J connectivity index is 2.57. The summed E-state index contributed by atoms with van der Waals surface area (Å²) in [7, 11) is 0. The van der Waals surface area contributed by atoms with E-state index in [1.807, 2.05) is 0 Å². The summed E-state index contributed by atoms with van der Waals surface area (Å²) in [5.41, 5.74) is 0. The molecule has 0 fully saturated rings. The fraction of sp³-hybridized carbons (Fsp3) is 0.333. The first kappa shape index (κ1) is 7.53. The third kappa shape index (κ3) is 2.34. The molecular formula is C6H8O3S. The van der Waals surface area contributed by atoms with Gasteiger partial charge in [0.25, 0.3) is 0 Å². The summed E-state index contributed by atoms with van der Waals surface area (Å²) in [6.45, 7) is 1.16. The lowest BCUT2D eigenvalue weighted by Gasteiger charge is -2.15. The van der Waals surface area contributed by atoms with Gasteiger partial charge >= 0.3 is 5.97 Å². The maximum absolute atomic E-state index is 8.73. The van der Waals surface area contributed by atoms with Crippen LogP contribution in [0.25, 0.3) is 0 Å². The van der Waals surface area contributed by atoms with Gasteiger partial charge in [0.2, 0.25) is 0 Å². The molecule has 0 atom stereocenters. The zero-order valence-corrected chi connectivity index (χ0v) is 6.26. The Hall–Kier alpha value is -0.580. The Morgan fingerprint density at radius 3 is 2.70 bits per heavy atom. The molecule has 0 unspecified atom stereocenters. The highest BCUT2D eigenvalue weighted by atomic mass is 32.1. The molecule has 0 aliphatic rings. The van der Waals surface area contributed by atoms with Gasteiger partial charge < -0.3 is 14.9 Å². The average Bonchev–Trinajstić information content (AvgIpc) is 2.12. The molecule has 10 heavy (non-hydrogen) atoms. The van der Waals surface area contributed by atoms with Gasteiger partial charge in [-0.15, -0.1) is 11.3 Å². The van der Waals surface area contributed by atoms with Crippen molar-refractivity contribution in [3.8, 4) is 5.06 Å². The molecule has 3 nitrogen and oxygen atoms in total. The van der Waals surface area contributed by atoms with E-state index in [0.29, 0.717) is 5.06 Å². The van der Waals surface area contributed by atoms with E-state index in [9.17, 15) is 0 Å². The predicted octanol–water partition coefficient (Wildman–Crippen LogP) is 0.785. The molecule has 1 heterocycles. The number of rotatable bonds is 2. The fourth-order valence-corrected chi connectivity index (χ4v) is 1.17. The Morgan fingerprint density at radius 1 is 1.60 bits per heavy atom. The van der Waals surface area contributed by atoms with Crippen LogP contribution in [0.2, 0.25) is 0 Å². The zero-order valence-electron chi connectivity index (χ0n) is 5.44. The molecule has 0 saturated carbocycles. The lowest BCUT2D eigenvalue weighted by Crippen LogP contribution is -2.30. The summed E-state index contributed by atoms with van der Waals surface area (Å²) >= 11 is 1.31. The highest BCUT2D eigenvalue weighted by molar-refractivity contribution is 7.11. The van der Waals surface area contributed by atoms with Crippen LogP contribution in [0.5, 0.6) is 5.06 Å². The van der Waals surface area contributed by atoms with E-state index < -0.39 is 5.97 Å². The molecule has 4 heteroatoms. The van der Waals surface area contributed by atoms with Crippen LogP contribution in [0.3, 0.4) is 0 Å². The van der Waals surface area contributed by atoms with Gasteiger partial charge in [0.1, 0.15) is 0 Å². The third-order valence-electron chi connectivity index (χ3n) is 0.789. The monoisotopic (exact) mass is 160 g/mol. The molecule has 0 amide bonds. The lowest BCUT2D eigenvalue weighted by molar-refractivity contribution is -0.276. The molecule has 0 saturated heterocycles. The van der Waals surface area contributed by atoms with E-state index in [4.69, 9.17) is 10.2 Å². The highest BCUT2D eigenvalue weighted by Gasteiger charge is 2.16. The molecule has 1 aromatic heterocycles. The zero-order chi connectivity index (χ0) is 7.61. The summed E-state index contributed by atoms with van der Waals surface area (Å²) < 4.78 is 4.67. The first-order chi connectivity index (χ1) is 4.58. The van der Waals surface area contributed by atoms with Gasteiger partial charge in [0.05, 0.1) is 0 Å². The minimum absolute atomic E-state index is 0.493. The molecule has 0 aliphatic carbocycles. The third-order valence-corrected chi connectivity index (χ3v) is 1.53. The van der Waals surface area contributed by atoms with Crippen molar-refractivity contribution in [1.29, 1.82) is 0 Å². The first-order valence-electron chi connectivity index (χ1n) is 2.75. The van der Waals surface area contributed by atoms with Crippen LogP contribution < -0.4 is 4.74 Å². The number of hydrogen-bond acceptors (Lipinski definition) is 4. The van der Waals surface area contributed by atoms with Gasteiger partial charge in [-0.05, 0) is 17.5 Å². The standard InChI is InChI=1S/C6H8O3S/c1-6(7,8)9-5-3-2-4-10-5/h2-4,7-8H,1H3. The van der Waals surface area contributed by atoms with Crippen molar-refractivity contribution in [1.82, 2.24) is 0 Å². The maximum atomic E-state index is 8.73. The van der Waals surface area contributed by atoms with Crippen molar-refractivity contribution in [2.75, 3.05) is 0 Å². The molecule has 2 N–H and O–H groups in total. The summed E-state index contributed by atoms with van der Waals surface area (Å²) in [4.78, 5) is 0. The molecule has 0 spiro atoms. The van der Waals surface area contributed by atoms with Gasteiger partial charge in [-0.1, -0.05) is 0 Å². The predicted molar refractivity (Wildman–Crippen MR) is 37.8 cm³/mol. The van der Waals surface area contributed by atoms with Crippen LogP contribution in [0.4, 0.5) is 0 Å². The molecule has 0 aromatic carbocycles. The molecule has 0 aliphatic heterocycles. The fourth-order valence-electron chi connectivity index (χ4n) is 0.512. The lowest BCUT2D eigenvalue weighted by atomic mass is 10.6. The molecule has 0 bridgehead atoms. The van der Waals surface area contributed by atoms with E-state index in [1.54, 1.807) is 17.5 Å². The number of ether oxygens (including phenoxy) is 1. The van der Waals surface area contributed by atoms with Gasteiger partial charge in [-0.3, -0.25) is 0 Å². The summed E-state index contributed by atoms with van der Waals surface area (Å²) in [6.07, 6.45) is 0. The topological polar surface area (TPSA) is 49.7 Å². The maximum Gasteiger partial charge on any atom is 0.319 e. The number of hydrogen-bond donors (Lipinski definition) is 2. The quantitative estimate of drug-likeness (QED) is 0.629. The van der Waals surface area contributed by atoms with Gasteiger partial charge in [0.15, 0.2) is 5.06 Å². The van der Waals surface area contributed by atoms with Crippen molar-refractivity contribution >= 4 is 11.3 Å². The molecule has 1 aromatic rings. The van der Waals surface area contributed by atoms with Crippen LogP contribution in [-0.4, -0.2) is 16.2 Å². The highest BCUT2D eigenvalue weighted by Crippen LogP contribution is 2.21. The van der Waals surface area contributed by atoms with Crippen LogP contribution in [0.15, 0.2) is 17.5 Å². The van der Waals surface area contributed by atoms with E-state index in [1.165, 1.54) is 11.3 Å². The van der Waals surface area contributed by atoms with Crippen LogP contribution in [0.1, 0.15) is 6.92 Å². The number of aliphatic hydroxyl groups is 2. The van der Waals surface area contributed by atoms with Crippen LogP contribution in [0, 0.1) is 0 Å². The van der Waals surface area contributed by atoms with E-state index in [-0.39, 0.29) is 0 Å². The molecular weight excluding hydrogens is 152 g/mol. The van der Waals surface area contributed by atoms with E-state index >= 15 is 0 Å². The van der Waals surface area contributed by atoms with Gasteiger partial charge in [-0.2, -0.15) is 0 Å². The minimum Gasteiger partial charge on any atom is -0.430 e. The Labute approximate surface area is 62.5 Å². The van der Waals surface area contributed by atoms with Crippen LogP contribution >= 0.6 is 11.3 Å². The molecule has 1 rings (SSSR count). The van der Waals surface area contributed by atoms with Gasteiger partial charge in [-0.25, -0.2) is 0 Å². The summed E-state index contributed by atoms with van der Waals surface area (Å²) in [6, 6.07) is 3.43. The van der Waals surface area contributed by atoms with Crippen LogP contribution in [-0.2, 0) is 0 Å². The Morgan fingerprint density at radius 2 is 2.30 bits per heavy atom. The van der Waals surface area contributed by atoms with Crippen molar-refractivity contribution in [3.63, 3.8) is 0 Å². The second-order valence-corrected chi connectivity index (χ2v) is 2.88. The van der Waals surface area contributed by atoms with Crippen molar-refractivity contribution < 1.29 is 14.9 Å². The summed E-state index contributed by atoms with van der Waals surface area (Å²) in [5.74, 6) is -2.06. The minimum atomic E-state index is -2.06. The SMILES string of the molecule is CC(O)(O)Oc1cccs1. The largest absolute Gasteiger partial charge is 0.430 e. The van der Waals surface area contributed by atoms with Crippen molar-refractivity contribution in [2.24, 2.45) is 0 Å². The number of thiophene rings is 1. The second kappa shape index (κ2) is 2.57. The van der Waals surface area contributed by atoms with Crippen molar-refractivity contribution in [2.45, 2.75) is 12.9 Å². The summed E-state index contributed by atoms with van der Waals surface area (Å²) in [5, 5.41) is 19.7. The average molecular weight is 160 g/mol. The first-order valence-corrected chi connectivity index (χ1v) is 3.63. The second-order valence-electron chi connectivity index (χ2n) is 1.97. The normalized spacial score (nSPS) is 11.5. The molecule has 56 valence electrons. The van der Waals surface area contributed by atoms with E-state index in [0.717, 1.165) is 6.92 Å². The Kier molecular flexibility index (Phi) is 1.94. The smallest absolute Gasteiger partial charge is 0.319 e. The van der Waals surface area contributed by atoms with E-state index in [2.05, 4.69) is 4.74 Å². The van der Waals surface area contributed by atoms with Gasteiger partial charge in [0, 0.05) is 6.92 Å². The Bertz CT molecular complexity index is 187. The molecule has 0 radical (unpaired) electrons.